The Bertz CT molecular complexity index is 599. The minimum Gasteiger partial charge on any atom is -0.495 e. The third kappa shape index (κ3) is 2.60. The fourth-order valence-electron chi connectivity index (χ4n) is 2.31. The number of nitrogens with zero attached hydrogens (tertiary/aromatic N) is 1. The van der Waals surface area contributed by atoms with Crippen LogP contribution < -0.4 is 15.4 Å². The van der Waals surface area contributed by atoms with Gasteiger partial charge in [0.05, 0.1) is 12.8 Å². The molecule has 0 saturated carbocycles. The fourth-order valence-corrected chi connectivity index (χ4v) is 2.31. The second-order valence-electron chi connectivity index (χ2n) is 4.69. The first-order chi connectivity index (χ1) is 9.56. The molecule has 0 saturated heterocycles. The van der Waals surface area contributed by atoms with Crippen LogP contribution in [0.25, 0.3) is 0 Å². The van der Waals surface area contributed by atoms with Crippen LogP contribution in [0.15, 0.2) is 42.5 Å². The predicted octanol–water partition coefficient (Wildman–Crippen LogP) is 3.62. The lowest BCUT2D eigenvalue weighted by Crippen LogP contribution is -2.17. The normalized spacial score (nSPS) is 12.1. The molecule has 0 radical (unpaired) electrons. The Morgan fingerprint density at radius 1 is 1.10 bits per heavy atom. The first-order valence-electron chi connectivity index (χ1n) is 6.47. The number of benzene rings is 2. The van der Waals surface area contributed by atoms with Crippen molar-refractivity contribution in [1.82, 2.24) is 0 Å². The van der Waals surface area contributed by atoms with Crippen LogP contribution in [0.2, 0.25) is 0 Å². The summed E-state index contributed by atoms with van der Waals surface area (Å²) in [5.74, 6) is 0.439. The van der Waals surface area contributed by atoms with Crippen molar-refractivity contribution in [3.63, 3.8) is 0 Å². The van der Waals surface area contributed by atoms with Crippen LogP contribution in [0.5, 0.6) is 5.75 Å². The molecule has 0 aliphatic rings. The summed E-state index contributed by atoms with van der Waals surface area (Å²) in [6, 6.07) is 12.2. The number of halogens is 1. The van der Waals surface area contributed by atoms with Crippen LogP contribution in [0.3, 0.4) is 0 Å². The zero-order chi connectivity index (χ0) is 14.7. The highest BCUT2D eigenvalue weighted by atomic mass is 19.1. The van der Waals surface area contributed by atoms with E-state index in [4.69, 9.17) is 10.5 Å². The summed E-state index contributed by atoms with van der Waals surface area (Å²) in [5.41, 5.74) is 8.01. The molecular formula is C16H19FN2O. The number of para-hydroxylation sites is 2. The van der Waals surface area contributed by atoms with E-state index in [9.17, 15) is 4.39 Å². The molecule has 0 aliphatic carbocycles. The molecule has 2 rings (SSSR count). The van der Waals surface area contributed by atoms with Crippen molar-refractivity contribution in [2.75, 3.05) is 19.1 Å². The molecule has 106 valence electrons. The number of anilines is 2. The molecule has 0 spiro atoms. The number of methoxy groups -OCH3 is 1. The third-order valence-corrected chi connectivity index (χ3v) is 3.29. The summed E-state index contributed by atoms with van der Waals surface area (Å²) in [5, 5.41) is 0. The summed E-state index contributed by atoms with van der Waals surface area (Å²) >= 11 is 0. The number of rotatable bonds is 4. The average Bonchev–Trinajstić information content (AvgIpc) is 2.45. The first kappa shape index (κ1) is 14.3. The maximum Gasteiger partial charge on any atom is 0.142 e. The lowest BCUT2D eigenvalue weighted by molar-refractivity contribution is 0.415. The molecule has 0 aromatic heterocycles. The molecule has 0 fully saturated rings. The third-order valence-electron chi connectivity index (χ3n) is 3.29. The van der Waals surface area contributed by atoms with Crippen LogP contribution >= 0.6 is 0 Å². The Hall–Kier alpha value is -2.07. The van der Waals surface area contributed by atoms with Crippen LogP contribution in [-0.4, -0.2) is 14.2 Å². The zero-order valence-electron chi connectivity index (χ0n) is 11.9. The highest BCUT2D eigenvalue weighted by molar-refractivity contribution is 5.71. The van der Waals surface area contributed by atoms with Crippen molar-refractivity contribution in [3.05, 3.63) is 53.8 Å². The minimum absolute atomic E-state index is 0.292. The fraction of sp³-hybridized carbons (Fsp3) is 0.250. The molecule has 0 heterocycles. The number of nitrogens with two attached hydrogens (primary N) is 1. The number of ether oxygens (including phenoxy) is 1. The van der Waals surface area contributed by atoms with Crippen LogP contribution in [0, 0.1) is 5.82 Å². The van der Waals surface area contributed by atoms with Gasteiger partial charge in [0.15, 0.2) is 0 Å². The van der Waals surface area contributed by atoms with Gasteiger partial charge < -0.3 is 15.4 Å². The van der Waals surface area contributed by atoms with Crippen LogP contribution in [0.1, 0.15) is 18.5 Å². The van der Waals surface area contributed by atoms with E-state index < -0.39 is 0 Å². The molecule has 3 nitrogen and oxygen atoms in total. The summed E-state index contributed by atoms with van der Waals surface area (Å²) in [4.78, 5) is 1.89. The Morgan fingerprint density at radius 3 is 2.40 bits per heavy atom. The van der Waals surface area contributed by atoms with E-state index >= 15 is 0 Å². The molecule has 2 N–H and O–H groups in total. The van der Waals surface area contributed by atoms with Crippen LogP contribution in [-0.2, 0) is 0 Å². The Morgan fingerprint density at radius 2 is 1.75 bits per heavy atom. The molecule has 2 aromatic carbocycles. The molecular weight excluding hydrogens is 255 g/mol. The summed E-state index contributed by atoms with van der Waals surface area (Å²) in [6.07, 6.45) is 0. The average molecular weight is 274 g/mol. The summed E-state index contributed by atoms with van der Waals surface area (Å²) in [6.45, 7) is 1.78. The topological polar surface area (TPSA) is 38.5 Å². The van der Waals surface area contributed by atoms with Gasteiger partial charge in [0.1, 0.15) is 11.6 Å². The quantitative estimate of drug-likeness (QED) is 0.925. The smallest absolute Gasteiger partial charge is 0.142 e. The second kappa shape index (κ2) is 5.92. The molecule has 2 aromatic rings. The van der Waals surface area contributed by atoms with Gasteiger partial charge in [-0.05, 0) is 31.2 Å². The largest absolute Gasteiger partial charge is 0.495 e. The maximum atomic E-state index is 14.0. The molecule has 20 heavy (non-hydrogen) atoms. The summed E-state index contributed by atoms with van der Waals surface area (Å²) in [7, 11) is 3.49. The Balaban J connectivity index is 2.54. The highest BCUT2D eigenvalue weighted by Crippen LogP contribution is 2.36. The van der Waals surface area contributed by atoms with Gasteiger partial charge in [-0.1, -0.05) is 18.2 Å². The number of hydrogen-bond acceptors (Lipinski definition) is 3. The molecule has 0 unspecified atom stereocenters. The van der Waals surface area contributed by atoms with Crippen molar-refractivity contribution in [2.45, 2.75) is 13.0 Å². The lowest BCUT2D eigenvalue weighted by Gasteiger charge is -2.25. The first-order valence-corrected chi connectivity index (χ1v) is 6.47. The van der Waals surface area contributed by atoms with Crippen molar-refractivity contribution in [3.8, 4) is 5.75 Å². The van der Waals surface area contributed by atoms with E-state index in [0.29, 0.717) is 5.56 Å². The minimum atomic E-state index is -0.386. The van der Waals surface area contributed by atoms with E-state index in [1.807, 2.05) is 42.3 Å². The summed E-state index contributed by atoms with van der Waals surface area (Å²) < 4.78 is 19.4. The molecule has 4 heteroatoms. The maximum absolute atomic E-state index is 14.0. The van der Waals surface area contributed by atoms with Crippen LogP contribution in [0.4, 0.5) is 15.8 Å². The molecule has 0 bridgehead atoms. The van der Waals surface area contributed by atoms with Gasteiger partial charge in [-0.15, -0.1) is 0 Å². The van der Waals surface area contributed by atoms with Crippen molar-refractivity contribution < 1.29 is 9.13 Å². The molecule has 0 aliphatic heterocycles. The monoisotopic (exact) mass is 274 g/mol. The highest BCUT2D eigenvalue weighted by Gasteiger charge is 2.18. The van der Waals surface area contributed by atoms with Crippen molar-refractivity contribution in [2.24, 2.45) is 5.73 Å². The van der Waals surface area contributed by atoms with Gasteiger partial charge in [-0.2, -0.15) is 0 Å². The van der Waals surface area contributed by atoms with Gasteiger partial charge in [0.2, 0.25) is 0 Å². The van der Waals surface area contributed by atoms with Gasteiger partial charge in [-0.25, -0.2) is 4.39 Å². The number of hydrogen-bond donors (Lipinski definition) is 1. The lowest BCUT2D eigenvalue weighted by atomic mass is 10.0. The van der Waals surface area contributed by atoms with Crippen molar-refractivity contribution in [1.29, 1.82) is 0 Å². The van der Waals surface area contributed by atoms with Crippen molar-refractivity contribution >= 4 is 11.4 Å². The Kier molecular flexibility index (Phi) is 4.25. The zero-order valence-corrected chi connectivity index (χ0v) is 11.9. The Labute approximate surface area is 118 Å². The van der Waals surface area contributed by atoms with Gasteiger partial charge >= 0.3 is 0 Å². The second-order valence-corrected chi connectivity index (χ2v) is 4.69. The van der Waals surface area contributed by atoms with Gasteiger partial charge in [0, 0.05) is 24.3 Å². The van der Waals surface area contributed by atoms with E-state index in [2.05, 4.69) is 0 Å². The van der Waals surface area contributed by atoms with E-state index in [1.165, 1.54) is 6.07 Å². The standard InChI is InChI=1S/C16H19FN2O/c1-11(18)16-12(17)7-6-9-14(16)19(2)13-8-4-5-10-15(13)20-3/h4-11H,18H2,1-3H3/t11-/m0/s1. The predicted molar refractivity (Wildman–Crippen MR) is 80.1 cm³/mol. The van der Waals surface area contributed by atoms with E-state index in [0.717, 1.165) is 17.1 Å². The van der Waals surface area contributed by atoms with E-state index in [1.54, 1.807) is 20.1 Å². The molecule has 1 atom stereocenters. The SMILES string of the molecule is COc1ccccc1N(C)c1cccc(F)c1[C@H](C)N. The van der Waals surface area contributed by atoms with E-state index in [-0.39, 0.29) is 11.9 Å². The van der Waals surface area contributed by atoms with Gasteiger partial charge in [0.25, 0.3) is 0 Å². The molecule has 0 amide bonds. The van der Waals surface area contributed by atoms with Gasteiger partial charge in [-0.3, -0.25) is 0 Å².